The van der Waals surface area contributed by atoms with Crippen molar-refractivity contribution in [3.63, 3.8) is 0 Å². The lowest BCUT2D eigenvalue weighted by Crippen LogP contribution is -2.48. The molecule has 0 aromatic heterocycles. The van der Waals surface area contributed by atoms with Gasteiger partial charge >= 0.3 is 0 Å². The Morgan fingerprint density at radius 3 is 2.12 bits per heavy atom. The van der Waals surface area contributed by atoms with Crippen molar-refractivity contribution in [2.45, 2.75) is 0 Å². The molecule has 0 radical (unpaired) electrons. The first kappa shape index (κ1) is 23.1. The van der Waals surface area contributed by atoms with E-state index in [1.807, 2.05) is 30.3 Å². The zero-order chi connectivity index (χ0) is 22.8. The van der Waals surface area contributed by atoms with Crippen molar-refractivity contribution in [1.29, 1.82) is 0 Å². The Labute approximate surface area is 195 Å². The number of thiocarbonyl (C=S) groups is 1. The number of para-hydroxylation sites is 1. The van der Waals surface area contributed by atoms with E-state index >= 15 is 0 Å². The SMILES string of the molecule is O=C(NNC(=S)NC(=O)c1cccc(OCCOc2ccccc2)c1)c1ccc(Cl)cc1. The molecule has 2 amide bonds. The van der Waals surface area contributed by atoms with E-state index in [9.17, 15) is 9.59 Å². The van der Waals surface area contributed by atoms with Gasteiger partial charge in [-0.1, -0.05) is 35.9 Å². The highest BCUT2D eigenvalue weighted by Crippen LogP contribution is 2.14. The fourth-order valence-electron chi connectivity index (χ4n) is 2.56. The van der Waals surface area contributed by atoms with Crippen molar-refractivity contribution >= 4 is 40.7 Å². The maximum absolute atomic E-state index is 12.4. The minimum atomic E-state index is -0.450. The smallest absolute Gasteiger partial charge is 0.269 e. The van der Waals surface area contributed by atoms with Crippen molar-refractivity contribution in [2.24, 2.45) is 0 Å². The second-order valence-electron chi connectivity index (χ2n) is 6.41. The maximum atomic E-state index is 12.4. The molecule has 3 rings (SSSR count). The Bertz CT molecular complexity index is 1080. The third-order valence-electron chi connectivity index (χ3n) is 4.08. The summed E-state index contributed by atoms with van der Waals surface area (Å²) in [5.41, 5.74) is 5.63. The molecule has 0 atom stereocenters. The Morgan fingerprint density at radius 2 is 1.41 bits per heavy atom. The van der Waals surface area contributed by atoms with Crippen molar-refractivity contribution < 1.29 is 19.1 Å². The summed E-state index contributed by atoms with van der Waals surface area (Å²) in [6.45, 7) is 0.679. The van der Waals surface area contributed by atoms with Crippen LogP contribution >= 0.6 is 23.8 Å². The Balaban J connectivity index is 1.43. The van der Waals surface area contributed by atoms with Gasteiger partial charge in [-0.05, 0) is 66.8 Å². The van der Waals surface area contributed by atoms with Crippen molar-refractivity contribution in [3.8, 4) is 11.5 Å². The van der Waals surface area contributed by atoms with Gasteiger partial charge in [-0.25, -0.2) is 0 Å². The number of halogens is 1. The number of ether oxygens (including phenoxy) is 2. The third kappa shape index (κ3) is 7.26. The molecule has 164 valence electrons. The molecule has 32 heavy (non-hydrogen) atoms. The van der Waals surface area contributed by atoms with Gasteiger partial charge in [0.2, 0.25) is 0 Å². The fourth-order valence-corrected chi connectivity index (χ4v) is 2.83. The summed E-state index contributed by atoms with van der Waals surface area (Å²) in [5.74, 6) is 0.401. The van der Waals surface area contributed by atoms with Gasteiger partial charge in [-0.15, -0.1) is 0 Å². The Kier molecular flexibility index (Phi) is 8.42. The average molecular weight is 470 g/mol. The summed E-state index contributed by atoms with van der Waals surface area (Å²) in [6, 6.07) is 22.4. The lowest BCUT2D eigenvalue weighted by atomic mass is 10.2. The molecule has 0 unspecified atom stereocenters. The molecule has 0 aliphatic carbocycles. The van der Waals surface area contributed by atoms with Crippen LogP contribution in [-0.2, 0) is 0 Å². The Hall–Kier alpha value is -3.62. The van der Waals surface area contributed by atoms with Crippen molar-refractivity contribution in [2.75, 3.05) is 13.2 Å². The van der Waals surface area contributed by atoms with Crippen LogP contribution in [0.3, 0.4) is 0 Å². The zero-order valence-electron chi connectivity index (χ0n) is 16.8. The molecule has 7 nitrogen and oxygen atoms in total. The number of carbonyl (C=O) groups excluding carboxylic acids is 2. The van der Waals surface area contributed by atoms with Gasteiger partial charge in [0, 0.05) is 16.1 Å². The number of amides is 2. The molecule has 0 saturated carbocycles. The standard InChI is InChI=1S/C23H20ClN3O4S/c24-18-11-9-16(10-12-18)22(29)26-27-23(32)25-21(28)17-5-4-8-20(15-17)31-14-13-30-19-6-2-1-3-7-19/h1-12,15H,13-14H2,(H,26,29)(H2,25,27,28,32). The first-order valence-electron chi connectivity index (χ1n) is 9.59. The summed E-state index contributed by atoms with van der Waals surface area (Å²) in [6.07, 6.45) is 0. The number of hydrogen-bond acceptors (Lipinski definition) is 5. The number of benzene rings is 3. The van der Waals surface area contributed by atoms with E-state index in [1.54, 1.807) is 48.5 Å². The highest BCUT2D eigenvalue weighted by atomic mass is 35.5. The van der Waals surface area contributed by atoms with Crippen molar-refractivity contribution in [3.05, 3.63) is 95.0 Å². The molecule has 9 heteroatoms. The van der Waals surface area contributed by atoms with Gasteiger partial charge in [0.25, 0.3) is 11.8 Å². The van der Waals surface area contributed by atoms with E-state index in [-0.39, 0.29) is 5.11 Å². The predicted octanol–water partition coefficient (Wildman–Crippen LogP) is 3.75. The molecule has 0 bridgehead atoms. The van der Waals surface area contributed by atoms with Gasteiger partial charge in [0.05, 0.1) is 0 Å². The first-order chi connectivity index (χ1) is 15.5. The van der Waals surface area contributed by atoms with Crippen LogP contribution in [0.1, 0.15) is 20.7 Å². The van der Waals surface area contributed by atoms with E-state index in [0.717, 1.165) is 5.75 Å². The predicted molar refractivity (Wildman–Crippen MR) is 126 cm³/mol. The second kappa shape index (κ2) is 11.7. The van der Waals surface area contributed by atoms with Gasteiger partial charge < -0.3 is 9.47 Å². The van der Waals surface area contributed by atoms with Gasteiger partial charge in [-0.3, -0.25) is 25.8 Å². The first-order valence-corrected chi connectivity index (χ1v) is 10.4. The van der Waals surface area contributed by atoms with E-state index in [0.29, 0.717) is 35.1 Å². The fraction of sp³-hybridized carbons (Fsp3) is 0.0870. The molecule has 3 aromatic carbocycles. The molecule has 0 spiro atoms. The van der Waals surface area contributed by atoms with Crippen LogP contribution in [0, 0.1) is 0 Å². The van der Waals surface area contributed by atoms with E-state index in [4.69, 9.17) is 33.3 Å². The zero-order valence-corrected chi connectivity index (χ0v) is 18.4. The molecule has 0 saturated heterocycles. The second-order valence-corrected chi connectivity index (χ2v) is 7.25. The monoisotopic (exact) mass is 469 g/mol. The van der Waals surface area contributed by atoms with Crippen LogP contribution in [0.25, 0.3) is 0 Å². The highest BCUT2D eigenvalue weighted by molar-refractivity contribution is 7.80. The lowest BCUT2D eigenvalue weighted by molar-refractivity contribution is 0.0934. The van der Waals surface area contributed by atoms with Crippen LogP contribution in [-0.4, -0.2) is 30.1 Å². The van der Waals surface area contributed by atoms with Gasteiger partial charge in [0.1, 0.15) is 24.7 Å². The van der Waals surface area contributed by atoms with E-state index in [2.05, 4.69) is 16.2 Å². The van der Waals surface area contributed by atoms with Crippen LogP contribution < -0.4 is 25.6 Å². The molecular formula is C23H20ClN3O4S. The minimum absolute atomic E-state index is 0.0557. The number of nitrogens with one attached hydrogen (secondary N) is 3. The largest absolute Gasteiger partial charge is 0.490 e. The number of hydrogen-bond donors (Lipinski definition) is 3. The molecule has 0 fully saturated rings. The van der Waals surface area contributed by atoms with Gasteiger partial charge in [0.15, 0.2) is 5.11 Å². The molecular weight excluding hydrogens is 450 g/mol. The third-order valence-corrected chi connectivity index (χ3v) is 4.54. The normalized spacial score (nSPS) is 10.0. The van der Waals surface area contributed by atoms with Crippen molar-refractivity contribution in [1.82, 2.24) is 16.2 Å². The molecule has 0 heterocycles. The maximum Gasteiger partial charge on any atom is 0.269 e. The highest BCUT2D eigenvalue weighted by Gasteiger charge is 2.10. The molecule has 0 aliphatic rings. The molecule has 3 aromatic rings. The van der Waals surface area contributed by atoms with Crippen LogP contribution in [0.4, 0.5) is 0 Å². The van der Waals surface area contributed by atoms with Crippen LogP contribution in [0.2, 0.25) is 5.02 Å². The number of hydrazine groups is 1. The van der Waals surface area contributed by atoms with Gasteiger partial charge in [-0.2, -0.15) is 0 Å². The lowest BCUT2D eigenvalue weighted by Gasteiger charge is -2.12. The quantitative estimate of drug-likeness (QED) is 0.277. The summed E-state index contributed by atoms with van der Waals surface area (Å²) >= 11 is 10.9. The van der Waals surface area contributed by atoms with Crippen LogP contribution in [0.15, 0.2) is 78.9 Å². The summed E-state index contributed by atoms with van der Waals surface area (Å²) in [7, 11) is 0. The Morgan fingerprint density at radius 1 is 0.750 bits per heavy atom. The molecule has 0 aliphatic heterocycles. The average Bonchev–Trinajstić information content (AvgIpc) is 2.81. The molecule has 3 N–H and O–H groups in total. The number of rotatable bonds is 7. The summed E-state index contributed by atoms with van der Waals surface area (Å²) in [5, 5.41) is 2.96. The van der Waals surface area contributed by atoms with E-state index < -0.39 is 11.8 Å². The summed E-state index contributed by atoms with van der Waals surface area (Å²) < 4.78 is 11.2. The summed E-state index contributed by atoms with van der Waals surface area (Å²) in [4.78, 5) is 24.5. The minimum Gasteiger partial charge on any atom is -0.490 e. The van der Waals surface area contributed by atoms with E-state index in [1.165, 1.54) is 0 Å². The number of carbonyl (C=O) groups is 2. The topological polar surface area (TPSA) is 88.7 Å². The van der Waals surface area contributed by atoms with Crippen LogP contribution in [0.5, 0.6) is 11.5 Å².